The highest BCUT2D eigenvalue weighted by Crippen LogP contribution is 2.39. The zero-order valence-corrected chi connectivity index (χ0v) is 23.4. The van der Waals surface area contributed by atoms with E-state index in [0.29, 0.717) is 18.2 Å². The van der Waals surface area contributed by atoms with Crippen LogP contribution in [0.25, 0.3) is 0 Å². The van der Waals surface area contributed by atoms with Crippen molar-refractivity contribution in [3.05, 3.63) is 36.0 Å². The van der Waals surface area contributed by atoms with Gasteiger partial charge in [-0.05, 0) is 31.6 Å². The lowest BCUT2D eigenvalue weighted by Crippen LogP contribution is -2.32. The summed E-state index contributed by atoms with van der Waals surface area (Å²) in [6, 6.07) is 0. The van der Waals surface area contributed by atoms with Crippen LogP contribution in [0.3, 0.4) is 0 Å². The second-order valence-corrected chi connectivity index (χ2v) is 9.74. The zero-order chi connectivity index (χ0) is 28.1. The highest BCUT2D eigenvalue weighted by molar-refractivity contribution is 5.86. The summed E-state index contributed by atoms with van der Waals surface area (Å²) in [5, 5.41) is 9.14. The van der Waals surface area contributed by atoms with Crippen molar-refractivity contribution in [1.29, 1.82) is 0 Å². The molecule has 212 valence electrons. The maximum absolute atomic E-state index is 12.0. The van der Waals surface area contributed by atoms with Crippen molar-refractivity contribution in [1.82, 2.24) is 10.8 Å². The van der Waals surface area contributed by atoms with Crippen LogP contribution in [0.2, 0.25) is 0 Å². The lowest BCUT2D eigenvalue weighted by molar-refractivity contribution is -0.136. The fraction of sp³-hybridized carbons (Fsp3) is 0.679. The Hall–Kier alpha value is -2.49. The lowest BCUT2D eigenvalue weighted by Gasteiger charge is -2.25. The molecule has 3 N–H and O–H groups in total. The predicted molar refractivity (Wildman–Crippen MR) is 145 cm³/mol. The van der Waals surface area contributed by atoms with Gasteiger partial charge in [0, 0.05) is 26.0 Å². The van der Waals surface area contributed by atoms with Crippen molar-refractivity contribution >= 4 is 18.8 Å². The molecule has 2 aliphatic rings. The van der Waals surface area contributed by atoms with Gasteiger partial charge in [0.25, 0.3) is 12.4 Å². The molecule has 4 unspecified atom stereocenters. The number of ether oxygens (including phenoxy) is 2. The van der Waals surface area contributed by atoms with E-state index in [1.807, 2.05) is 19.9 Å². The number of carboxylic acid groups (broad SMARTS) is 1. The molecular weight excluding hydrogens is 476 g/mol. The molecule has 0 aromatic rings. The number of hydrogen-bond donors (Lipinski definition) is 3. The molecule has 2 aliphatic heterocycles. The third kappa shape index (κ3) is 17.6. The Balaban J connectivity index is 0.00000165. The van der Waals surface area contributed by atoms with Gasteiger partial charge in [0.15, 0.2) is 0 Å². The van der Waals surface area contributed by atoms with Crippen molar-refractivity contribution in [3.63, 3.8) is 0 Å². The van der Waals surface area contributed by atoms with E-state index >= 15 is 0 Å². The molecular formula is C28H48N2O7. The van der Waals surface area contributed by atoms with Gasteiger partial charge in [0.1, 0.15) is 0 Å². The van der Waals surface area contributed by atoms with Gasteiger partial charge in [-0.1, -0.05) is 70.4 Å². The van der Waals surface area contributed by atoms with Crippen LogP contribution in [0.1, 0.15) is 73.1 Å². The third-order valence-electron chi connectivity index (χ3n) is 5.97. The maximum Gasteiger partial charge on any atom is 0.290 e. The molecule has 0 radical (unpaired) electrons. The Morgan fingerprint density at radius 2 is 1.89 bits per heavy atom. The molecule has 0 aliphatic carbocycles. The van der Waals surface area contributed by atoms with Gasteiger partial charge >= 0.3 is 0 Å². The molecule has 1 spiro atoms. The second kappa shape index (κ2) is 20.6. The lowest BCUT2D eigenvalue weighted by atomic mass is 9.94. The number of rotatable bonds is 13. The minimum absolute atomic E-state index is 0.0506. The number of amides is 2. The summed E-state index contributed by atoms with van der Waals surface area (Å²) < 4.78 is 11.4. The number of hydrogen-bond acceptors (Lipinski definition) is 6. The summed E-state index contributed by atoms with van der Waals surface area (Å²) in [5.74, 6) is 0.491. The maximum atomic E-state index is 12.0. The number of carbonyl (C=O) groups is 3. The highest BCUT2D eigenvalue weighted by atomic mass is 16.7. The normalized spacial score (nSPS) is 22.5. The first kappa shape index (κ1) is 34.5. The number of carbonyl (C=O) groups excluding carboxylic acids is 2. The number of epoxide rings is 1. The van der Waals surface area contributed by atoms with Crippen LogP contribution in [0.15, 0.2) is 36.0 Å². The van der Waals surface area contributed by atoms with Gasteiger partial charge in [-0.15, -0.1) is 0 Å². The van der Waals surface area contributed by atoms with Gasteiger partial charge in [-0.3, -0.25) is 19.2 Å². The summed E-state index contributed by atoms with van der Waals surface area (Å²) >= 11 is 0. The average Bonchev–Trinajstić information content (AvgIpc) is 3.63. The van der Waals surface area contributed by atoms with Gasteiger partial charge in [0.05, 0.1) is 31.0 Å². The van der Waals surface area contributed by atoms with Crippen molar-refractivity contribution in [2.45, 2.75) is 91.0 Å². The summed E-state index contributed by atoms with van der Waals surface area (Å²) in [6.45, 7) is 12.0. The minimum Gasteiger partial charge on any atom is -0.483 e. The molecule has 2 heterocycles. The first-order valence-electron chi connectivity index (χ1n) is 13.1. The molecule has 2 rings (SSSR count). The number of nitrogens with one attached hydrogen (secondary N) is 2. The largest absolute Gasteiger partial charge is 0.483 e. The van der Waals surface area contributed by atoms with Gasteiger partial charge < -0.3 is 19.9 Å². The molecule has 0 aromatic heterocycles. The molecule has 4 atom stereocenters. The number of unbranched alkanes of at least 4 members (excludes halogenated alkanes) is 1. The Labute approximate surface area is 222 Å². The van der Waals surface area contributed by atoms with E-state index in [2.05, 4.69) is 49.8 Å². The van der Waals surface area contributed by atoms with Gasteiger partial charge in [-0.25, -0.2) is 5.48 Å². The second-order valence-electron chi connectivity index (χ2n) is 9.74. The van der Waals surface area contributed by atoms with Gasteiger partial charge in [-0.2, -0.15) is 0 Å². The van der Waals surface area contributed by atoms with Crippen LogP contribution in [0.4, 0.5) is 0 Å². The monoisotopic (exact) mass is 524 g/mol. The quantitative estimate of drug-likeness (QED) is 0.107. The molecule has 2 fully saturated rings. The first-order chi connectivity index (χ1) is 17.7. The Morgan fingerprint density at radius 1 is 1.24 bits per heavy atom. The van der Waals surface area contributed by atoms with E-state index in [-0.39, 0.29) is 30.2 Å². The standard InChI is InChI=1S/C25H41NO4.C2H5NO.CH2O2/c1-6-7-8-21(5)23(30-26-24(27)14-9-19(2)3)13-11-20(4)10-12-22-17-25(18-29-25)15-16-28-22;1-3-2-4;2-1-3/h9-12,14,19,21-23H,6-8,13,15-18H2,1-5H3,(H,26,27);2H,1H3,(H,3,4);1H,(H,2,3)/b12-10+,14-9-,20-11+;;. The van der Waals surface area contributed by atoms with Crippen LogP contribution in [0, 0.1) is 11.8 Å². The fourth-order valence-corrected chi connectivity index (χ4v) is 3.60. The molecule has 9 nitrogen and oxygen atoms in total. The Morgan fingerprint density at radius 3 is 2.43 bits per heavy atom. The van der Waals surface area contributed by atoms with Crippen molar-refractivity contribution < 1.29 is 33.8 Å². The summed E-state index contributed by atoms with van der Waals surface area (Å²) in [5.41, 5.74) is 3.89. The van der Waals surface area contributed by atoms with Crippen molar-refractivity contribution in [3.8, 4) is 0 Å². The average molecular weight is 525 g/mol. The van der Waals surface area contributed by atoms with Crippen molar-refractivity contribution in [2.75, 3.05) is 20.3 Å². The molecule has 2 saturated heterocycles. The topological polar surface area (TPSA) is 126 Å². The molecule has 0 saturated carbocycles. The van der Waals surface area contributed by atoms with E-state index < -0.39 is 0 Å². The first-order valence-corrected chi connectivity index (χ1v) is 13.1. The zero-order valence-electron chi connectivity index (χ0n) is 23.4. The number of allylic oxidation sites excluding steroid dienone is 3. The SMILES string of the molecule is CCCCC(C)C(C/C=C(C)/C=C/C1CC2(CCO1)CO2)ONC(=O)/C=C\C(C)C.CNC=O.O=CO. The van der Waals surface area contributed by atoms with E-state index in [4.69, 9.17) is 29.0 Å². The molecule has 0 aromatic carbocycles. The van der Waals surface area contributed by atoms with Gasteiger partial charge in [0.2, 0.25) is 6.41 Å². The molecule has 9 heteroatoms. The van der Waals surface area contributed by atoms with Crippen LogP contribution in [0.5, 0.6) is 0 Å². The van der Waals surface area contributed by atoms with Crippen LogP contribution >= 0.6 is 0 Å². The molecule has 37 heavy (non-hydrogen) atoms. The summed E-state index contributed by atoms with van der Waals surface area (Å²) in [4.78, 5) is 35.2. The fourth-order valence-electron chi connectivity index (χ4n) is 3.60. The van der Waals surface area contributed by atoms with E-state index in [1.165, 1.54) is 5.57 Å². The molecule has 2 amide bonds. The van der Waals surface area contributed by atoms with E-state index in [1.54, 1.807) is 13.1 Å². The number of hydroxylamine groups is 1. The Bertz CT molecular complexity index is 730. The van der Waals surface area contributed by atoms with Crippen LogP contribution in [-0.4, -0.2) is 62.0 Å². The van der Waals surface area contributed by atoms with Crippen molar-refractivity contribution in [2.24, 2.45) is 11.8 Å². The Kier molecular flexibility index (Phi) is 19.2. The third-order valence-corrected chi connectivity index (χ3v) is 5.97. The van der Waals surface area contributed by atoms with Crippen LogP contribution in [-0.2, 0) is 28.7 Å². The summed E-state index contributed by atoms with van der Waals surface area (Å²) in [6.07, 6.45) is 16.7. The molecule has 0 bridgehead atoms. The highest BCUT2D eigenvalue weighted by Gasteiger charge is 2.48. The minimum atomic E-state index is -0.250. The van der Waals surface area contributed by atoms with E-state index in [0.717, 1.165) is 51.7 Å². The van der Waals surface area contributed by atoms with Crippen LogP contribution < -0.4 is 10.8 Å². The van der Waals surface area contributed by atoms with E-state index in [9.17, 15) is 4.79 Å². The summed E-state index contributed by atoms with van der Waals surface area (Å²) in [7, 11) is 1.56. The smallest absolute Gasteiger partial charge is 0.290 e. The predicted octanol–water partition coefficient (Wildman–Crippen LogP) is 4.34.